The fourth-order valence-electron chi connectivity index (χ4n) is 4.07. The zero-order valence-electron chi connectivity index (χ0n) is 18.0. The van der Waals surface area contributed by atoms with Gasteiger partial charge in [-0.1, -0.05) is 41.5 Å². The number of ether oxygens (including phenoxy) is 1. The number of amides is 3. The van der Waals surface area contributed by atoms with E-state index in [9.17, 15) is 14.4 Å². The molecule has 0 fully saturated rings. The van der Waals surface area contributed by atoms with E-state index < -0.39 is 18.0 Å². The molecule has 4 rings (SSSR count). The van der Waals surface area contributed by atoms with Crippen LogP contribution in [0.3, 0.4) is 0 Å². The minimum Gasteiger partial charge on any atom is -0.456 e. The minimum absolute atomic E-state index is 0.0280. The van der Waals surface area contributed by atoms with Gasteiger partial charge in [-0.05, 0) is 50.5 Å². The van der Waals surface area contributed by atoms with Crippen LogP contribution in [-0.4, -0.2) is 36.0 Å². The van der Waals surface area contributed by atoms with Crippen molar-refractivity contribution in [1.29, 1.82) is 0 Å². The Hall–Kier alpha value is -3.61. The second kappa shape index (κ2) is 7.91. The van der Waals surface area contributed by atoms with Crippen molar-refractivity contribution < 1.29 is 19.1 Å². The first-order chi connectivity index (χ1) is 14.7. The Morgan fingerprint density at radius 2 is 1.77 bits per heavy atom. The molecule has 2 aliphatic heterocycles. The summed E-state index contributed by atoms with van der Waals surface area (Å²) in [5, 5.41) is 5.74. The average molecular weight is 419 g/mol. The Bertz CT molecular complexity index is 1140. The molecular weight excluding hydrogens is 394 g/mol. The maximum absolute atomic E-state index is 13.0. The van der Waals surface area contributed by atoms with E-state index in [4.69, 9.17) is 4.74 Å². The zero-order valence-corrected chi connectivity index (χ0v) is 18.0. The number of nitrogens with one attached hydrogen (secondary N) is 2. The summed E-state index contributed by atoms with van der Waals surface area (Å²) in [4.78, 5) is 39.5. The van der Waals surface area contributed by atoms with Gasteiger partial charge in [-0.25, -0.2) is 9.59 Å². The molecule has 0 aromatic heterocycles. The molecular formula is C24H25N3O4. The van der Waals surface area contributed by atoms with Crippen molar-refractivity contribution in [3.8, 4) is 0 Å². The number of esters is 1. The van der Waals surface area contributed by atoms with Crippen molar-refractivity contribution in [2.24, 2.45) is 0 Å². The number of aryl methyl sites for hydroxylation is 4. The lowest BCUT2D eigenvalue weighted by Gasteiger charge is -2.33. The number of hydrogen-bond acceptors (Lipinski definition) is 4. The van der Waals surface area contributed by atoms with Gasteiger partial charge in [0.15, 0.2) is 0 Å². The lowest BCUT2D eigenvalue weighted by molar-refractivity contribution is -0.136. The summed E-state index contributed by atoms with van der Waals surface area (Å²) < 4.78 is 5.25. The summed E-state index contributed by atoms with van der Waals surface area (Å²) in [5.74, 6) is -0.820. The first-order valence-electron chi connectivity index (χ1n) is 10.2. The number of benzene rings is 2. The third-order valence-electron chi connectivity index (χ3n) is 5.70. The molecule has 2 aromatic carbocycles. The molecule has 7 heteroatoms. The number of nitrogens with zero attached hydrogens (tertiary/aromatic N) is 1. The van der Waals surface area contributed by atoms with E-state index in [2.05, 4.69) is 10.6 Å². The van der Waals surface area contributed by atoms with Crippen LogP contribution in [0.15, 0.2) is 47.7 Å². The molecule has 1 atom stereocenters. The zero-order chi connectivity index (χ0) is 22.3. The number of carbonyl (C=O) groups excluding carboxylic acids is 3. The summed E-state index contributed by atoms with van der Waals surface area (Å²) in [7, 11) is 0. The highest BCUT2D eigenvalue weighted by Gasteiger charge is 2.43. The van der Waals surface area contributed by atoms with Crippen LogP contribution in [0.2, 0.25) is 0 Å². The van der Waals surface area contributed by atoms with Gasteiger partial charge in [0, 0.05) is 5.69 Å². The van der Waals surface area contributed by atoms with E-state index in [1.54, 1.807) is 0 Å². The van der Waals surface area contributed by atoms with E-state index in [0.29, 0.717) is 17.0 Å². The first kappa shape index (κ1) is 20.7. The molecule has 2 aromatic rings. The van der Waals surface area contributed by atoms with Gasteiger partial charge in [0.05, 0.1) is 17.3 Å². The van der Waals surface area contributed by atoms with Crippen molar-refractivity contribution in [1.82, 2.24) is 10.2 Å². The van der Waals surface area contributed by atoms with Gasteiger partial charge in [-0.2, -0.15) is 0 Å². The van der Waals surface area contributed by atoms with Gasteiger partial charge in [0.2, 0.25) is 5.91 Å². The SMILES string of the molecule is Cc1ccc(NC(=O)CN2C(=O)N[C@H](c3cc(C)ccc3C)C3=C2COC3=O)c(C)c1. The van der Waals surface area contributed by atoms with Crippen LogP contribution in [0.25, 0.3) is 0 Å². The number of rotatable bonds is 4. The van der Waals surface area contributed by atoms with E-state index in [1.165, 1.54) is 4.90 Å². The largest absolute Gasteiger partial charge is 0.456 e. The van der Waals surface area contributed by atoms with Crippen molar-refractivity contribution in [2.75, 3.05) is 18.5 Å². The standard InChI is InChI=1S/C24H25N3O4/c1-13-6-8-18(16(4)9-13)25-20(28)11-27-19-12-31-23(29)21(19)22(26-24(27)30)17-10-14(2)5-7-15(17)3/h5-10,22H,11-12H2,1-4H3,(H,25,28)(H,26,30)/t22-/m1/s1. The highest BCUT2D eigenvalue weighted by atomic mass is 16.5. The maximum atomic E-state index is 13.0. The predicted molar refractivity (Wildman–Crippen MR) is 116 cm³/mol. The Morgan fingerprint density at radius 1 is 1.06 bits per heavy atom. The topological polar surface area (TPSA) is 87.7 Å². The fourth-order valence-corrected chi connectivity index (χ4v) is 4.07. The molecule has 2 aliphatic rings. The molecule has 0 bridgehead atoms. The Balaban J connectivity index is 1.62. The smallest absolute Gasteiger partial charge is 0.338 e. The lowest BCUT2D eigenvalue weighted by Crippen LogP contribution is -2.49. The summed E-state index contributed by atoms with van der Waals surface area (Å²) in [6.45, 7) is 7.54. The summed E-state index contributed by atoms with van der Waals surface area (Å²) in [6, 6.07) is 10.6. The van der Waals surface area contributed by atoms with Crippen LogP contribution in [0, 0.1) is 27.7 Å². The predicted octanol–water partition coefficient (Wildman–Crippen LogP) is 3.44. The molecule has 2 N–H and O–H groups in total. The van der Waals surface area contributed by atoms with E-state index >= 15 is 0 Å². The number of hydrogen-bond donors (Lipinski definition) is 2. The molecule has 0 saturated carbocycles. The van der Waals surface area contributed by atoms with Gasteiger partial charge in [0.1, 0.15) is 13.2 Å². The molecule has 0 saturated heterocycles. The van der Waals surface area contributed by atoms with Crippen LogP contribution >= 0.6 is 0 Å². The van der Waals surface area contributed by atoms with Crippen molar-refractivity contribution in [3.63, 3.8) is 0 Å². The van der Waals surface area contributed by atoms with Gasteiger partial charge in [0.25, 0.3) is 0 Å². The third-order valence-corrected chi connectivity index (χ3v) is 5.70. The molecule has 0 unspecified atom stereocenters. The van der Waals surface area contributed by atoms with Crippen LogP contribution in [0.1, 0.15) is 33.9 Å². The van der Waals surface area contributed by atoms with Gasteiger partial charge in [-0.3, -0.25) is 9.69 Å². The molecule has 3 amide bonds. The number of cyclic esters (lactones) is 1. The molecule has 7 nitrogen and oxygen atoms in total. The van der Waals surface area contributed by atoms with Crippen LogP contribution < -0.4 is 10.6 Å². The minimum atomic E-state index is -0.601. The third kappa shape index (κ3) is 3.91. The van der Waals surface area contributed by atoms with Gasteiger partial charge < -0.3 is 15.4 Å². The Kier molecular flexibility index (Phi) is 5.27. The maximum Gasteiger partial charge on any atom is 0.338 e. The summed E-state index contributed by atoms with van der Waals surface area (Å²) >= 11 is 0. The van der Waals surface area contributed by atoms with E-state index in [0.717, 1.165) is 27.8 Å². The van der Waals surface area contributed by atoms with E-state index in [1.807, 2.05) is 64.1 Å². The molecule has 31 heavy (non-hydrogen) atoms. The highest BCUT2D eigenvalue weighted by Crippen LogP contribution is 2.36. The average Bonchev–Trinajstić information content (AvgIpc) is 3.10. The highest BCUT2D eigenvalue weighted by molar-refractivity contribution is 6.00. The Morgan fingerprint density at radius 3 is 2.52 bits per heavy atom. The van der Waals surface area contributed by atoms with Gasteiger partial charge in [-0.15, -0.1) is 0 Å². The number of carbonyl (C=O) groups is 3. The van der Waals surface area contributed by atoms with Crippen LogP contribution in [0.5, 0.6) is 0 Å². The van der Waals surface area contributed by atoms with E-state index in [-0.39, 0.29) is 19.1 Å². The molecule has 0 spiro atoms. The summed E-state index contributed by atoms with van der Waals surface area (Å²) in [6.07, 6.45) is 0. The molecule has 2 heterocycles. The first-order valence-corrected chi connectivity index (χ1v) is 10.2. The number of anilines is 1. The number of urea groups is 1. The second-order valence-electron chi connectivity index (χ2n) is 8.13. The van der Waals surface area contributed by atoms with Crippen molar-refractivity contribution in [3.05, 3.63) is 75.5 Å². The summed E-state index contributed by atoms with van der Waals surface area (Å²) in [5.41, 5.74) is 6.38. The fraction of sp³-hybridized carbons (Fsp3) is 0.292. The van der Waals surface area contributed by atoms with Crippen molar-refractivity contribution in [2.45, 2.75) is 33.7 Å². The second-order valence-corrected chi connectivity index (χ2v) is 8.13. The quantitative estimate of drug-likeness (QED) is 0.744. The van der Waals surface area contributed by atoms with Crippen LogP contribution in [-0.2, 0) is 14.3 Å². The monoisotopic (exact) mass is 419 g/mol. The van der Waals surface area contributed by atoms with Crippen molar-refractivity contribution >= 4 is 23.6 Å². The molecule has 0 aliphatic carbocycles. The lowest BCUT2D eigenvalue weighted by atomic mass is 9.91. The normalized spacial score (nSPS) is 17.9. The Labute approximate surface area is 181 Å². The van der Waals surface area contributed by atoms with Gasteiger partial charge >= 0.3 is 12.0 Å². The van der Waals surface area contributed by atoms with Crippen LogP contribution in [0.4, 0.5) is 10.5 Å². The molecule has 0 radical (unpaired) electrons. The molecule has 160 valence electrons.